The van der Waals surface area contributed by atoms with Crippen LogP contribution in [0.25, 0.3) is 0 Å². The highest BCUT2D eigenvalue weighted by atomic mass is 16.5. The van der Waals surface area contributed by atoms with Crippen LogP contribution in [0.5, 0.6) is 5.75 Å². The molecule has 4 rings (SSSR count). The molecule has 1 heterocycles. The van der Waals surface area contributed by atoms with Gasteiger partial charge in [-0.1, -0.05) is 30.3 Å². The van der Waals surface area contributed by atoms with Gasteiger partial charge in [0.05, 0.1) is 19.9 Å². The Labute approximate surface area is 204 Å². The number of nitrogens with one attached hydrogen (secondary N) is 2. The van der Waals surface area contributed by atoms with Gasteiger partial charge >= 0.3 is 0 Å². The van der Waals surface area contributed by atoms with Crippen LogP contribution in [0, 0.1) is 13.8 Å². The second kappa shape index (κ2) is 10.7. The first-order chi connectivity index (χ1) is 16.9. The number of aromatic nitrogens is 2. The van der Waals surface area contributed by atoms with Crippen molar-refractivity contribution in [3.05, 3.63) is 107 Å². The molecule has 0 fully saturated rings. The molecule has 0 aliphatic rings. The first-order valence-corrected chi connectivity index (χ1v) is 11.3. The molecule has 7 heteroatoms. The van der Waals surface area contributed by atoms with Crippen molar-refractivity contribution in [2.24, 2.45) is 0 Å². The lowest BCUT2D eigenvalue weighted by Gasteiger charge is -2.08. The summed E-state index contributed by atoms with van der Waals surface area (Å²) in [6, 6.07) is 21.0. The minimum atomic E-state index is -0.247. The molecular weight excluding hydrogens is 440 g/mol. The zero-order valence-corrected chi connectivity index (χ0v) is 20.0. The van der Waals surface area contributed by atoms with Gasteiger partial charge in [0.15, 0.2) is 0 Å². The van der Waals surface area contributed by atoms with Gasteiger partial charge in [0.1, 0.15) is 11.4 Å². The number of ether oxygens (including phenoxy) is 1. The molecule has 35 heavy (non-hydrogen) atoms. The Morgan fingerprint density at radius 1 is 0.886 bits per heavy atom. The van der Waals surface area contributed by atoms with E-state index < -0.39 is 0 Å². The maximum Gasteiger partial charge on any atom is 0.275 e. The lowest BCUT2D eigenvalue weighted by atomic mass is 10.1. The summed E-state index contributed by atoms with van der Waals surface area (Å²) in [5.74, 6) is 0.382. The Bertz CT molecular complexity index is 1320. The predicted molar refractivity (Wildman–Crippen MR) is 137 cm³/mol. The standard InChI is InChI=1S/C28H28N4O3/c1-19-11-20(2)13-24(12-19)31-28(34)26-17-32(18-29-26)16-21-7-9-23(10-8-21)30-27(33)15-22-5-4-6-25(14-22)35-3/h4-14,17-18H,15-16H2,1-3H3,(H,30,33)(H,31,34). The van der Waals surface area contributed by atoms with Crippen molar-refractivity contribution in [1.29, 1.82) is 0 Å². The maximum absolute atomic E-state index is 12.6. The Morgan fingerprint density at radius 2 is 1.63 bits per heavy atom. The largest absolute Gasteiger partial charge is 0.497 e. The number of hydrogen-bond donors (Lipinski definition) is 2. The van der Waals surface area contributed by atoms with Gasteiger partial charge in [0.2, 0.25) is 5.91 Å². The van der Waals surface area contributed by atoms with Crippen molar-refractivity contribution >= 4 is 23.2 Å². The molecule has 178 valence electrons. The maximum atomic E-state index is 12.6. The number of amides is 2. The number of methoxy groups -OCH3 is 1. The summed E-state index contributed by atoms with van der Waals surface area (Å²) in [5, 5.41) is 5.82. The van der Waals surface area contributed by atoms with Crippen LogP contribution in [-0.4, -0.2) is 28.5 Å². The van der Waals surface area contributed by atoms with Crippen molar-refractivity contribution in [3.63, 3.8) is 0 Å². The monoisotopic (exact) mass is 468 g/mol. The van der Waals surface area contributed by atoms with Crippen LogP contribution in [0.2, 0.25) is 0 Å². The highest BCUT2D eigenvalue weighted by molar-refractivity contribution is 6.02. The Hall–Kier alpha value is -4.39. The van der Waals surface area contributed by atoms with Crippen LogP contribution in [0.15, 0.2) is 79.3 Å². The Kier molecular flexibility index (Phi) is 7.26. The van der Waals surface area contributed by atoms with E-state index in [0.717, 1.165) is 39.4 Å². The number of hydrogen-bond acceptors (Lipinski definition) is 4. The van der Waals surface area contributed by atoms with Crippen LogP contribution >= 0.6 is 0 Å². The fourth-order valence-corrected chi connectivity index (χ4v) is 3.88. The van der Waals surface area contributed by atoms with E-state index >= 15 is 0 Å². The Balaban J connectivity index is 1.32. The van der Waals surface area contributed by atoms with Crippen molar-refractivity contribution < 1.29 is 14.3 Å². The van der Waals surface area contributed by atoms with Gasteiger partial charge in [-0.05, 0) is 72.5 Å². The molecule has 0 saturated heterocycles. The van der Waals surface area contributed by atoms with Gasteiger partial charge in [0.25, 0.3) is 5.91 Å². The molecule has 2 amide bonds. The molecule has 0 saturated carbocycles. The molecule has 2 N–H and O–H groups in total. The van der Waals surface area contributed by atoms with Crippen molar-refractivity contribution in [3.8, 4) is 5.75 Å². The van der Waals surface area contributed by atoms with E-state index in [0.29, 0.717) is 12.2 Å². The van der Waals surface area contributed by atoms with Gasteiger partial charge in [0, 0.05) is 24.1 Å². The molecule has 0 radical (unpaired) electrons. The zero-order valence-electron chi connectivity index (χ0n) is 20.0. The van der Waals surface area contributed by atoms with E-state index in [1.54, 1.807) is 19.6 Å². The molecule has 7 nitrogen and oxygen atoms in total. The predicted octanol–water partition coefficient (Wildman–Crippen LogP) is 4.99. The van der Waals surface area contributed by atoms with E-state index in [-0.39, 0.29) is 18.2 Å². The molecule has 0 bridgehead atoms. The quantitative estimate of drug-likeness (QED) is 0.382. The van der Waals surface area contributed by atoms with Crippen molar-refractivity contribution in [1.82, 2.24) is 9.55 Å². The SMILES string of the molecule is COc1cccc(CC(=O)Nc2ccc(Cn3cnc(C(=O)Nc4cc(C)cc(C)c4)c3)cc2)c1. The average molecular weight is 469 g/mol. The molecular formula is C28H28N4O3. The first kappa shape index (κ1) is 23.8. The minimum absolute atomic E-state index is 0.0972. The van der Waals surface area contributed by atoms with E-state index in [4.69, 9.17) is 4.74 Å². The number of nitrogens with zero attached hydrogens (tertiary/aromatic N) is 2. The number of benzene rings is 3. The molecule has 3 aromatic carbocycles. The summed E-state index contributed by atoms with van der Waals surface area (Å²) in [6.07, 6.45) is 3.63. The van der Waals surface area contributed by atoms with Crippen LogP contribution < -0.4 is 15.4 Å². The third kappa shape index (κ3) is 6.57. The molecule has 0 unspecified atom stereocenters. The minimum Gasteiger partial charge on any atom is -0.497 e. The second-order valence-corrected chi connectivity index (χ2v) is 8.54. The summed E-state index contributed by atoms with van der Waals surface area (Å²) in [4.78, 5) is 29.2. The molecule has 0 spiro atoms. The van der Waals surface area contributed by atoms with Crippen LogP contribution in [0.1, 0.15) is 32.7 Å². The number of anilines is 2. The fourth-order valence-electron chi connectivity index (χ4n) is 3.88. The second-order valence-electron chi connectivity index (χ2n) is 8.54. The van der Waals surface area contributed by atoms with Gasteiger partial charge < -0.3 is 19.9 Å². The third-order valence-corrected chi connectivity index (χ3v) is 5.45. The van der Waals surface area contributed by atoms with Gasteiger partial charge in [-0.2, -0.15) is 0 Å². The van der Waals surface area contributed by atoms with Crippen molar-refractivity contribution in [2.75, 3.05) is 17.7 Å². The van der Waals surface area contributed by atoms with Crippen LogP contribution in [-0.2, 0) is 17.8 Å². The topological polar surface area (TPSA) is 85.2 Å². The van der Waals surface area contributed by atoms with Crippen LogP contribution in [0.3, 0.4) is 0 Å². The van der Waals surface area contributed by atoms with Crippen molar-refractivity contribution in [2.45, 2.75) is 26.8 Å². The van der Waals surface area contributed by atoms with Gasteiger partial charge in [-0.3, -0.25) is 9.59 Å². The summed E-state index contributed by atoms with van der Waals surface area (Å²) in [6.45, 7) is 4.55. The number of carbonyl (C=O) groups is 2. The summed E-state index contributed by atoms with van der Waals surface area (Å²) < 4.78 is 7.06. The molecule has 0 aliphatic heterocycles. The zero-order chi connectivity index (χ0) is 24.8. The molecule has 0 atom stereocenters. The smallest absolute Gasteiger partial charge is 0.275 e. The third-order valence-electron chi connectivity index (χ3n) is 5.45. The highest BCUT2D eigenvalue weighted by Gasteiger charge is 2.11. The Morgan fingerprint density at radius 3 is 2.34 bits per heavy atom. The molecule has 4 aromatic rings. The van der Waals surface area contributed by atoms with E-state index in [1.807, 2.05) is 79.1 Å². The van der Waals surface area contributed by atoms with E-state index in [1.165, 1.54) is 0 Å². The van der Waals surface area contributed by atoms with Crippen LogP contribution in [0.4, 0.5) is 11.4 Å². The highest BCUT2D eigenvalue weighted by Crippen LogP contribution is 2.17. The average Bonchev–Trinajstić information content (AvgIpc) is 3.28. The summed E-state index contributed by atoms with van der Waals surface area (Å²) in [5.41, 5.74) is 5.92. The number of imidazole rings is 1. The molecule has 1 aromatic heterocycles. The molecule has 0 aliphatic carbocycles. The first-order valence-electron chi connectivity index (χ1n) is 11.3. The normalized spacial score (nSPS) is 10.6. The number of carbonyl (C=O) groups excluding carboxylic acids is 2. The summed E-state index contributed by atoms with van der Waals surface area (Å²) in [7, 11) is 1.60. The number of rotatable bonds is 8. The fraction of sp³-hybridized carbons (Fsp3) is 0.179. The van der Waals surface area contributed by atoms with E-state index in [9.17, 15) is 9.59 Å². The van der Waals surface area contributed by atoms with Gasteiger partial charge in [-0.15, -0.1) is 0 Å². The summed E-state index contributed by atoms with van der Waals surface area (Å²) >= 11 is 0. The number of aryl methyl sites for hydroxylation is 2. The van der Waals surface area contributed by atoms with E-state index in [2.05, 4.69) is 21.7 Å². The lowest BCUT2D eigenvalue weighted by Crippen LogP contribution is -2.14. The lowest BCUT2D eigenvalue weighted by molar-refractivity contribution is -0.115. The van der Waals surface area contributed by atoms with Gasteiger partial charge in [-0.25, -0.2) is 4.98 Å².